The molecule has 0 saturated heterocycles. The summed E-state index contributed by atoms with van der Waals surface area (Å²) in [5, 5.41) is 0. The van der Waals surface area contributed by atoms with E-state index in [-0.39, 0.29) is 5.41 Å². The maximum Gasteiger partial charge on any atom is 0.0519 e. The van der Waals surface area contributed by atoms with E-state index in [1.165, 1.54) is 0 Å². The number of alkyl halides is 1. The highest BCUT2D eigenvalue weighted by atomic mass is 35.5. The summed E-state index contributed by atoms with van der Waals surface area (Å²) in [6.07, 6.45) is 0.304. The van der Waals surface area contributed by atoms with Crippen molar-refractivity contribution in [2.24, 2.45) is 11.3 Å². The topological polar surface area (TPSA) is 9.23 Å². The molecule has 0 heterocycles. The van der Waals surface area contributed by atoms with Crippen molar-refractivity contribution >= 4 is 11.6 Å². The fourth-order valence-electron chi connectivity index (χ4n) is 0.835. The van der Waals surface area contributed by atoms with E-state index in [9.17, 15) is 0 Å². The van der Waals surface area contributed by atoms with Crippen molar-refractivity contribution in [2.45, 2.75) is 40.7 Å². The average Bonchev–Trinajstić information content (AvgIpc) is 1.85. The van der Waals surface area contributed by atoms with Crippen LogP contribution < -0.4 is 0 Å². The molecule has 0 N–H and O–H groups in total. The number of hydrogen-bond acceptors (Lipinski definition) is 1. The van der Waals surface area contributed by atoms with Gasteiger partial charge in [0.1, 0.15) is 0 Å². The normalized spacial score (nSPS) is 15.2. The molecule has 0 saturated carbocycles. The molecule has 2 heteroatoms. The van der Waals surface area contributed by atoms with Gasteiger partial charge in [0.2, 0.25) is 0 Å². The molecular weight excluding hydrogens is 172 g/mol. The van der Waals surface area contributed by atoms with E-state index >= 15 is 0 Å². The summed E-state index contributed by atoms with van der Waals surface area (Å²) in [5.74, 6) is 1.12. The quantitative estimate of drug-likeness (QED) is 0.621. The summed E-state index contributed by atoms with van der Waals surface area (Å²) >= 11 is 5.86. The van der Waals surface area contributed by atoms with E-state index in [4.69, 9.17) is 16.3 Å². The Morgan fingerprint density at radius 2 is 1.75 bits per heavy atom. The second kappa shape index (κ2) is 5.08. The lowest BCUT2D eigenvalue weighted by Gasteiger charge is -2.29. The summed E-state index contributed by atoms with van der Waals surface area (Å²) < 4.78 is 5.54. The Balaban J connectivity index is 3.84. The zero-order chi connectivity index (χ0) is 9.78. The molecule has 0 aliphatic heterocycles. The summed E-state index contributed by atoms with van der Waals surface area (Å²) in [4.78, 5) is 0. The Hall–Kier alpha value is 0.250. The molecule has 12 heavy (non-hydrogen) atoms. The van der Waals surface area contributed by atoms with Gasteiger partial charge in [-0.1, -0.05) is 20.8 Å². The van der Waals surface area contributed by atoms with E-state index in [1.807, 2.05) is 13.8 Å². The summed E-state index contributed by atoms with van der Waals surface area (Å²) in [6.45, 7) is 11.5. The van der Waals surface area contributed by atoms with Gasteiger partial charge in [0.25, 0.3) is 0 Å². The summed E-state index contributed by atoms with van der Waals surface area (Å²) in [6, 6.07) is 0. The first-order chi connectivity index (χ1) is 5.38. The molecule has 1 unspecified atom stereocenters. The Morgan fingerprint density at radius 1 is 1.25 bits per heavy atom. The molecule has 0 aromatic carbocycles. The lowest BCUT2D eigenvalue weighted by molar-refractivity contribution is 0.0271. The first-order valence-corrected chi connectivity index (χ1v) is 5.09. The van der Waals surface area contributed by atoms with Crippen LogP contribution in [0.1, 0.15) is 34.6 Å². The molecule has 0 aromatic rings. The fourth-order valence-corrected chi connectivity index (χ4v) is 1.39. The van der Waals surface area contributed by atoms with Crippen molar-refractivity contribution in [3.05, 3.63) is 0 Å². The van der Waals surface area contributed by atoms with Gasteiger partial charge in [0.05, 0.1) is 12.7 Å². The minimum atomic E-state index is 0.247. The van der Waals surface area contributed by atoms with Crippen LogP contribution >= 0.6 is 11.6 Å². The predicted molar refractivity (Wildman–Crippen MR) is 54.8 cm³/mol. The van der Waals surface area contributed by atoms with Crippen molar-refractivity contribution in [2.75, 3.05) is 12.5 Å². The number of rotatable bonds is 4. The molecular formula is C10H21ClO. The average molecular weight is 193 g/mol. The zero-order valence-corrected chi connectivity index (χ0v) is 9.61. The second-order valence-corrected chi connectivity index (χ2v) is 4.91. The number of ether oxygens (including phenoxy) is 1. The van der Waals surface area contributed by atoms with E-state index in [2.05, 4.69) is 20.8 Å². The van der Waals surface area contributed by atoms with Crippen LogP contribution in [0.4, 0.5) is 0 Å². The number of halogens is 1. The van der Waals surface area contributed by atoms with Gasteiger partial charge in [0, 0.05) is 11.8 Å². The van der Waals surface area contributed by atoms with Crippen molar-refractivity contribution in [3.8, 4) is 0 Å². The zero-order valence-electron chi connectivity index (χ0n) is 8.86. The van der Waals surface area contributed by atoms with Gasteiger partial charge in [0.15, 0.2) is 0 Å². The van der Waals surface area contributed by atoms with Crippen LogP contribution in [-0.2, 0) is 4.74 Å². The van der Waals surface area contributed by atoms with Crippen LogP contribution in [0.2, 0.25) is 0 Å². The monoisotopic (exact) mass is 192 g/mol. The molecule has 1 atom stereocenters. The van der Waals surface area contributed by atoms with Gasteiger partial charge in [-0.25, -0.2) is 0 Å². The molecule has 0 spiro atoms. The molecule has 0 fully saturated rings. The summed E-state index contributed by atoms with van der Waals surface area (Å²) in [5.41, 5.74) is 0.247. The van der Waals surface area contributed by atoms with Gasteiger partial charge in [-0.05, 0) is 19.3 Å². The van der Waals surface area contributed by atoms with Crippen molar-refractivity contribution in [1.29, 1.82) is 0 Å². The van der Waals surface area contributed by atoms with E-state index in [0.717, 1.165) is 6.61 Å². The first-order valence-electron chi connectivity index (χ1n) is 4.55. The van der Waals surface area contributed by atoms with Crippen molar-refractivity contribution in [3.63, 3.8) is 0 Å². The highest BCUT2D eigenvalue weighted by molar-refractivity contribution is 6.18. The Kier molecular flexibility index (Phi) is 5.19. The molecule has 0 radical (unpaired) electrons. The van der Waals surface area contributed by atoms with Crippen molar-refractivity contribution in [1.82, 2.24) is 0 Å². The third kappa shape index (κ3) is 5.00. The predicted octanol–water partition coefficient (Wildman–Crippen LogP) is 3.31. The van der Waals surface area contributed by atoms with Crippen LogP contribution in [0.15, 0.2) is 0 Å². The molecule has 0 aliphatic carbocycles. The third-order valence-corrected chi connectivity index (χ3v) is 2.41. The van der Waals surface area contributed by atoms with Gasteiger partial charge in [-0.2, -0.15) is 0 Å². The fraction of sp³-hybridized carbons (Fsp3) is 1.00. The lowest BCUT2D eigenvalue weighted by atomic mass is 9.82. The standard InChI is InChI=1S/C10H21ClO/c1-8(2)12-7-9(6-11)10(3,4)5/h8-9H,6-7H2,1-5H3. The van der Waals surface area contributed by atoms with Crippen LogP contribution in [-0.4, -0.2) is 18.6 Å². The third-order valence-electron chi connectivity index (χ3n) is 2.04. The summed E-state index contributed by atoms with van der Waals surface area (Å²) in [7, 11) is 0. The molecule has 0 rings (SSSR count). The molecule has 0 aliphatic rings. The minimum absolute atomic E-state index is 0.247. The maximum absolute atomic E-state index is 5.86. The highest BCUT2D eigenvalue weighted by Crippen LogP contribution is 2.27. The SMILES string of the molecule is CC(C)OCC(CCl)C(C)(C)C. The Bertz CT molecular complexity index is 115. The molecule has 0 amide bonds. The van der Waals surface area contributed by atoms with Crippen LogP contribution in [0.25, 0.3) is 0 Å². The molecule has 74 valence electrons. The van der Waals surface area contributed by atoms with E-state index in [0.29, 0.717) is 17.9 Å². The second-order valence-electron chi connectivity index (χ2n) is 4.60. The van der Waals surface area contributed by atoms with Crippen LogP contribution in [0, 0.1) is 11.3 Å². The largest absolute Gasteiger partial charge is 0.378 e. The van der Waals surface area contributed by atoms with Crippen LogP contribution in [0.5, 0.6) is 0 Å². The van der Waals surface area contributed by atoms with Crippen molar-refractivity contribution < 1.29 is 4.74 Å². The van der Waals surface area contributed by atoms with Gasteiger partial charge in [-0.15, -0.1) is 11.6 Å². The van der Waals surface area contributed by atoms with E-state index in [1.54, 1.807) is 0 Å². The smallest absolute Gasteiger partial charge is 0.0519 e. The Morgan fingerprint density at radius 3 is 2.00 bits per heavy atom. The van der Waals surface area contributed by atoms with E-state index < -0.39 is 0 Å². The Labute approximate surface area is 81.4 Å². The number of hydrogen-bond donors (Lipinski definition) is 0. The molecule has 0 bridgehead atoms. The lowest BCUT2D eigenvalue weighted by Crippen LogP contribution is -2.27. The van der Waals surface area contributed by atoms with Gasteiger partial charge >= 0.3 is 0 Å². The molecule has 1 nitrogen and oxygen atoms in total. The van der Waals surface area contributed by atoms with Gasteiger partial charge in [-0.3, -0.25) is 0 Å². The maximum atomic E-state index is 5.86. The van der Waals surface area contributed by atoms with Crippen LogP contribution in [0.3, 0.4) is 0 Å². The molecule has 0 aromatic heterocycles. The van der Waals surface area contributed by atoms with Gasteiger partial charge < -0.3 is 4.74 Å². The first kappa shape index (κ1) is 12.2. The minimum Gasteiger partial charge on any atom is -0.378 e. The highest BCUT2D eigenvalue weighted by Gasteiger charge is 2.23.